The third-order valence-electron chi connectivity index (χ3n) is 9.73. The SMILES string of the molecule is CN(C)S(=O)(=O)/C(N)=C(\Cl)C1=NCCCN(c2nc(OC[C@@]34CCCN3C[C@H](F)C4)nc3c2COC(c2c(F)c(N)cc(Cl)c2C(F)(F)F)C3)C1. The van der Waals surface area contributed by atoms with Crippen LogP contribution in [0, 0.1) is 5.82 Å². The molecule has 5 heterocycles. The number of rotatable bonds is 8. The Morgan fingerprint density at radius 2 is 1.98 bits per heavy atom. The van der Waals surface area contributed by atoms with E-state index in [0.717, 1.165) is 10.7 Å². The van der Waals surface area contributed by atoms with E-state index >= 15 is 4.39 Å². The van der Waals surface area contributed by atoms with Crippen molar-refractivity contribution in [1.82, 2.24) is 19.2 Å². The Hall–Kier alpha value is -3.03. The van der Waals surface area contributed by atoms with Gasteiger partial charge in [-0.2, -0.15) is 23.1 Å². The van der Waals surface area contributed by atoms with Gasteiger partial charge in [0.15, 0.2) is 10.8 Å². The zero-order chi connectivity index (χ0) is 37.0. The maximum Gasteiger partial charge on any atom is 0.418 e. The maximum absolute atomic E-state index is 15.4. The van der Waals surface area contributed by atoms with Gasteiger partial charge in [-0.15, -0.1) is 0 Å². The average Bonchev–Trinajstić information content (AvgIpc) is 3.47. The quantitative estimate of drug-likeness (QED) is 0.288. The van der Waals surface area contributed by atoms with Crippen molar-refractivity contribution in [1.29, 1.82) is 0 Å². The summed E-state index contributed by atoms with van der Waals surface area (Å²) < 4.78 is 111. The van der Waals surface area contributed by atoms with Crippen LogP contribution in [0.15, 0.2) is 21.1 Å². The van der Waals surface area contributed by atoms with Gasteiger partial charge in [-0.25, -0.2) is 21.5 Å². The zero-order valence-corrected chi connectivity index (χ0v) is 30.1. The lowest BCUT2D eigenvalue weighted by atomic mass is 9.93. The van der Waals surface area contributed by atoms with Crippen molar-refractivity contribution in [2.75, 3.05) is 64.1 Å². The topological polar surface area (TPSA) is 152 Å². The summed E-state index contributed by atoms with van der Waals surface area (Å²) in [7, 11) is -1.48. The van der Waals surface area contributed by atoms with E-state index in [1.165, 1.54) is 14.1 Å². The van der Waals surface area contributed by atoms with Crippen molar-refractivity contribution in [2.24, 2.45) is 10.7 Å². The highest BCUT2D eigenvalue weighted by Gasteiger charge is 2.49. The number of aromatic nitrogens is 2. The number of nitrogens with two attached hydrogens (primary N) is 2. The van der Waals surface area contributed by atoms with Gasteiger partial charge >= 0.3 is 12.2 Å². The summed E-state index contributed by atoms with van der Waals surface area (Å²) in [5.74, 6) is -1.05. The van der Waals surface area contributed by atoms with Crippen LogP contribution in [0.3, 0.4) is 0 Å². The van der Waals surface area contributed by atoms with Crippen LogP contribution in [0.5, 0.6) is 6.01 Å². The molecule has 1 aromatic heterocycles. The number of ether oxygens (including phenoxy) is 2. The minimum absolute atomic E-state index is 0.0590. The Labute approximate surface area is 301 Å². The molecule has 6 rings (SSSR count). The minimum atomic E-state index is -5.03. The highest BCUT2D eigenvalue weighted by Crippen LogP contribution is 2.46. The molecule has 0 aliphatic carbocycles. The third-order valence-corrected chi connectivity index (χ3v) is 12.3. The predicted octanol–water partition coefficient (Wildman–Crippen LogP) is 4.55. The van der Waals surface area contributed by atoms with E-state index in [1.54, 1.807) is 4.90 Å². The fourth-order valence-electron chi connectivity index (χ4n) is 7.20. The van der Waals surface area contributed by atoms with Gasteiger partial charge in [-0.05, 0) is 31.9 Å². The number of hydrogen-bond donors (Lipinski definition) is 2. The Morgan fingerprint density at radius 3 is 2.69 bits per heavy atom. The van der Waals surface area contributed by atoms with E-state index in [0.29, 0.717) is 37.6 Å². The van der Waals surface area contributed by atoms with Crippen LogP contribution in [0.25, 0.3) is 0 Å². The van der Waals surface area contributed by atoms with Crippen LogP contribution >= 0.6 is 23.2 Å². The molecule has 2 saturated heterocycles. The smallest absolute Gasteiger partial charge is 0.418 e. The number of nitrogen functional groups attached to an aromatic ring is 1. The Kier molecular flexibility index (Phi) is 10.4. The van der Waals surface area contributed by atoms with Gasteiger partial charge in [-0.3, -0.25) is 9.89 Å². The van der Waals surface area contributed by atoms with E-state index < -0.39 is 66.7 Å². The van der Waals surface area contributed by atoms with Crippen LogP contribution < -0.4 is 21.1 Å². The molecule has 20 heteroatoms. The number of halogens is 7. The first-order valence-corrected chi connectivity index (χ1v) is 18.4. The number of alkyl halides is 4. The average molecular weight is 784 g/mol. The second kappa shape index (κ2) is 14.1. The largest absolute Gasteiger partial charge is 0.461 e. The maximum atomic E-state index is 15.4. The first kappa shape index (κ1) is 37.7. The molecule has 2 fully saturated rings. The summed E-state index contributed by atoms with van der Waals surface area (Å²) in [6, 6.07) is 0.575. The van der Waals surface area contributed by atoms with Crippen LogP contribution in [0.1, 0.15) is 54.2 Å². The van der Waals surface area contributed by atoms with Gasteiger partial charge in [-0.1, -0.05) is 23.2 Å². The van der Waals surface area contributed by atoms with E-state index in [4.69, 9.17) is 49.1 Å². The molecule has 4 N–H and O–H groups in total. The van der Waals surface area contributed by atoms with E-state index in [-0.39, 0.29) is 74.0 Å². The normalized spacial score (nSPS) is 25.0. The van der Waals surface area contributed by atoms with Crippen LogP contribution in [-0.4, -0.2) is 98.4 Å². The summed E-state index contributed by atoms with van der Waals surface area (Å²) in [5, 5.41) is -1.65. The molecule has 0 bridgehead atoms. The standard InChI is InChI=1S/C31H37Cl2F5N8O4S/c1-44(2)51(47,48)27(40)25(33)21-13-45(7-4-6-41-21)28-17-14-49-22(23-24(31(36,37)38)18(32)9-19(39)26(23)35)10-20(17)42-29(43-28)50-15-30-5-3-8-46(30)12-16(34)11-30/h9,16,22H,3-8,10-15,39-40H2,1-2H3/b27-25-/t16-,22?,30+/m1/s1. The molecule has 1 aromatic carbocycles. The number of sulfonamides is 1. The first-order chi connectivity index (χ1) is 23.9. The third kappa shape index (κ3) is 7.19. The highest BCUT2D eigenvalue weighted by atomic mass is 35.5. The Bertz CT molecular complexity index is 1880. The first-order valence-electron chi connectivity index (χ1n) is 16.2. The monoisotopic (exact) mass is 782 g/mol. The van der Waals surface area contributed by atoms with Gasteiger partial charge in [0.05, 0.1) is 57.5 Å². The molecule has 4 aliphatic rings. The van der Waals surface area contributed by atoms with Crippen molar-refractivity contribution in [3.05, 3.63) is 49.4 Å². The number of benzene rings is 1. The van der Waals surface area contributed by atoms with Gasteiger partial charge in [0.1, 0.15) is 18.6 Å². The summed E-state index contributed by atoms with van der Waals surface area (Å²) in [6.07, 6.45) is -5.59. The molecule has 0 amide bonds. The second-order valence-corrected chi connectivity index (χ2v) is 16.1. The molecular weight excluding hydrogens is 746 g/mol. The van der Waals surface area contributed by atoms with Crippen LogP contribution in [-0.2, 0) is 34.0 Å². The predicted molar refractivity (Wildman–Crippen MR) is 181 cm³/mol. The number of aliphatic imine (C=N–C) groups is 1. The van der Waals surface area contributed by atoms with Gasteiger partial charge in [0.25, 0.3) is 10.0 Å². The van der Waals surface area contributed by atoms with Crippen molar-refractivity contribution in [3.63, 3.8) is 0 Å². The van der Waals surface area contributed by atoms with E-state index in [9.17, 15) is 26.0 Å². The Balaban J connectivity index is 1.41. The molecule has 51 heavy (non-hydrogen) atoms. The summed E-state index contributed by atoms with van der Waals surface area (Å²) in [4.78, 5) is 17.5. The number of nitrogens with zero attached hydrogens (tertiary/aromatic N) is 6. The molecule has 4 aliphatic heterocycles. The fourth-order valence-corrected chi connectivity index (χ4v) is 8.68. The molecule has 280 valence electrons. The van der Waals surface area contributed by atoms with Crippen molar-refractivity contribution in [3.8, 4) is 6.01 Å². The lowest BCUT2D eigenvalue weighted by Gasteiger charge is -2.33. The van der Waals surface area contributed by atoms with Gasteiger partial charge in [0.2, 0.25) is 0 Å². The van der Waals surface area contributed by atoms with E-state index in [2.05, 4.69) is 9.98 Å². The molecule has 1 unspecified atom stereocenters. The lowest BCUT2D eigenvalue weighted by molar-refractivity contribution is -0.140. The second-order valence-electron chi connectivity index (χ2n) is 13.2. The van der Waals surface area contributed by atoms with Crippen molar-refractivity contribution < 1.29 is 39.8 Å². The molecule has 0 spiro atoms. The number of anilines is 2. The van der Waals surface area contributed by atoms with Gasteiger partial charge < -0.3 is 25.8 Å². The van der Waals surface area contributed by atoms with Crippen LogP contribution in [0.2, 0.25) is 5.02 Å². The summed E-state index contributed by atoms with van der Waals surface area (Å²) in [6.45, 7) is 1.26. The Morgan fingerprint density at radius 1 is 1.24 bits per heavy atom. The summed E-state index contributed by atoms with van der Waals surface area (Å²) >= 11 is 12.5. The van der Waals surface area contributed by atoms with E-state index in [1.807, 2.05) is 4.90 Å². The highest BCUT2D eigenvalue weighted by molar-refractivity contribution is 7.93. The molecular formula is C31H37Cl2F5N8O4S. The van der Waals surface area contributed by atoms with Crippen molar-refractivity contribution >= 4 is 50.4 Å². The molecule has 2 aromatic rings. The lowest BCUT2D eigenvalue weighted by Crippen LogP contribution is -2.43. The molecule has 0 saturated carbocycles. The van der Waals surface area contributed by atoms with Crippen LogP contribution in [0.4, 0.5) is 33.5 Å². The fraction of sp³-hybridized carbons (Fsp3) is 0.581. The minimum Gasteiger partial charge on any atom is -0.461 e. The number of hydrogen-bond acceptors (Lipinski definition) is 11. The zero-order valence-electron chi connectivity index (χ0n) is 27.7. The molecule has 0 radical (unpaired) electrons. The van der Waals surface area contributed by atoms with Gasteiger partial charge in [0, 0.05) is 57.7 Å². The number of fused-ring (bicyclic) bond motifs is 2. The summed E-state index contributed by atoms with van der Waals surface area (Å²) in [5.41, 5.74) is 9.05. The molecule has 3 atom stereocenters. The van der Waals surface area contributed by atoms with Crippen molar-refractivity contribution in [2.45, 2.75) is 62.7 Å². The molecule has 12 nitrogen and oxygen atoms in total.